The first-order chi connectivity index (χ1) is 17.3. The molecule has 3 N–H and O–H groups in total. The van der Waals surface area contributed by atoms with Gasteiger partial charge in [-0.2, -0.15) is 0 Å². The molecule has 4 aromatic rings. The highest BCUT2D eigenvalue weighted by Gasteiger charge is 2.31. The molecule has 1 heterocycles. The molecule has 1 aromatic heterocycles. The lowest BCUT2D eigenvalue weighted by Gasteiger charge is -2.29. The lowest BCUT2D eigenvalue weighted by molar-refractivity contribution is 0.0964. The van der Waals surface area contributed by atoms with Crippen LogP contribution in [0.4, 0.5) is 20.2 Å². The van der Waals surface area contributed by atoms with Crippen molar-refractivity contribution in [2.24, 2.45) is 0 Å². The Morgan fingerprint density at radius 1 is 1.17 bits per heavy atom. The highest BCUT2D eigenvalue weighted by molar-refractivity contribution is 7.80. The Morgan fingerprint density at radius 2 is 1.89 bits per heavy atom. The number of halogens is 2. The van der Waals surface area contributed by atoms with Crippen molar-refractivity contribution in [1.29, 1.82) is 0 Å². The van der Waals surface area contributed by atoms with Gasteiger partial charge in [0, 0.05) is 35.3 Å². The molecule has 0 bridgehead atoms. The molecule has 1 fully saturated rings. The van der Waals surface area contributed by atoms with Crippen LogP contribution < -0.4 is 15.4 Å². The number of furan rings is 1. The number of benzene rings is 3. The zero-order chi connectivity index (χ0) is 25.6. The third-order valence-corrected chi connectivity index (χ3v) is 6.94. The highest BCUT2D eigenvalue weighted by Crippen LogP contribution is 2.48. The van der Waals surface area contributed by atoms with Gasteiger partial charge in [0.25, 0.3) is 5.91 Å². The van der Waals surface area contributed by atoms with Crippen LogP contribution in [0.2, 0.25) is 0 Å². The maximum Gasteiger partial charge on any atom is 0.255 e. The highest BCUT2D eigenvalue weighted by atomic mass is 32.2. The summed E-state index contributed by atoms with van der Waals surface area (Å²) < 4.78 is 59.4. The van der Waals surface area contributed by atoms with Gasteiger partial charge in [0.2, 0.25) is 0 Å². The van der Waals surface area contributed by atoms with Crippen molar-refractivity contribution in [3.63, 3.8) is 0 Å². The molecule has 36 heavy (non-hydrogen) atoms. The number of nitrogens with one attached hydrogen (secondary N) is 1. The quantitative estimate of drug-likeness (QED) is 0.269. The van der Waals surface area contributed by atoms with Gasteiger partial charge in [0.1, 0.15) is 23.0 Å². The molecule has 3 aromatic carbocycles. The Kier molecular flexibility index (Phi) is 6.23. The van der Waals surface area contributed by atoms with Gasteiger partial charge in [0.05, 0.1) is 23.5 Å². The van der Waals surface area contributed by atoms with Gasteiger partial charge >= 0.3 is 0 Å². The van der Waals surface area contributed by atoms with Gasteiger partial charge in [0.15, 0.2) is 0 Å². The summed E-state index contributed by atoms with van der Waals surface area (Å²) in [6.45, 7) is -0.119. The van der Waals surface area contributed by atoms with Crippen molar-refractivity contribution >= 4 is 39.5 Å². The fourth-order valence-electron chi connectivity index (χ4n) is 4.29. The average molecular weight is 511 g/mol. The summed E-state index contributed by atoms with van der Waals surface area (Å²) in [7, 11) is 1.50. The van der Waals surface area contributed by atoms with E-state index in [1.54, 1.807) is 18.2 Å². The molecule has 5 rings (SSSR count). The summed E-state index contributed by atoms with van der Waals surface area (Å²) in [4.78, 5) is 12.9. The predicted octanol–water partition coefficient (Wildman–Crippen LogP) is 5.00. The Bertz CT molecular complexity index is 1500. The number of nitrogen functional groups attached to an aromatic ring is 1. The second-order valence-electron chi connectivity index (χ2n) is 8.68. The van der Waals surface area contributed by atoms with E-state index in [0.29, 0.717) is 27.8 Å². The largest absolute Gasteiger partial charge is 0.755 e. The number of nitrogens with two attached hydrogens (primary N) is 1. The number of fused-ring (bicyclic) bond motifs is 1. The molecule has 1 aliphatic rings. The van der Waals surface area contributed by atoms with Crippen molar-refractivity contribution in [3.05, 3.63) is 82.9 Å². The number of nitrogens with zero attached hydrogens (tertiary/aromatic N) is 1. The van der Waals surface area contributed by atoms with Crippen molar-refractivity contribution in [1.82, 2.24) is 5.32 Å². The van der Waals surface area contributed by atoms with Crippen molar-refractivity contribution in [2.45, 2.75) is 25.3 Å². The lowest BCUT2D eigenvalue weighted by atomic mass is 10.00. The molecule has 0 spiro atoms. The number of hydrogen-bond donors (Lipinski definition) is 2. The molecule has 1 amide bonds. The second kappa shape index (κ2) is 9.36. The van der Waals surface area contributed by atoms with Crippen molar-refractivity contribution in [3.8, 4) is 11.3 Å². The van der Waals surface area contributed by atoms with E-state index < -0.39 is 22.9 Å². The summed E-state index contributed by atoms with van der Waals surface area (Å²) >= 11 is -2.69. The maximum absolute atomic E-state index is 14.0. The Morgan fingerprint density at radius 3 is 2.50 bits per heavy atom. The number of hydrogen-bond acceptors (Lipinski definition) is 5. The van der Waals surface area contributed by atoms with Gasteiger partial charge in [-0.15, -0.1) is 0 Å². The summed E-state index contributed by atoms with van der Waals surface area (Å²) in [5, 5.41) is 3.14. The van der Waals surface area contributed by atoms with E-state index in [9.17, 15) is 22.3 Å². The van der Waals surface area contributed by atoms with E-state index in [-0.39, 0.29) is 35.4 Å². The van der Waals surface area contributed by atoms with Crippen LogP contribution in [-0.4, -0.2) is 21.7 Å². The van der Waals surface area contributed by atoms with Crippen LogP contribution in [0, 0.1) is 11.6 Å². The maximum atomic E-state index is 14.0. The fraction of sp³-hybridized carbons (Fsp3) is 0.192. The van der Waals surface area contributed by atoms with E-state index >= 15 is 0 Å². The van der Waals surface area contributed by atoms with Crippen molar-refractivity contribution < 1.29 is 26.8 Å². The third kappa shape index (κ3) is 4.45. The lowest BCUT2D eigenvalue weighted by Crippen LogP contribution is -2.26. The molecule has 10 heteroatoms. The molecule has 0 saturated heterocycles. The first-order valence-electron chi connectivity index (χ1n) is 11.3. The monoisotopic (exact) mass is 510 g/mol. The molecule has 186 valence electrons. The smallest absolute Gasteiger partial charge is 0.255 e. The van der Waals surface area contributed by atoms with Gasteiger partial charge in [-0.05, 0) is 72.4 Å². The minimum Gasteiger partial charge on any atom is -0.755 e. The van der Waals surface area contributed by atoms with Crippen LogP contribution in [0.3, 0.4) is 0 Å². The summed E-state index contributed by atoms with van der Waals surface area (Å²) in [5.74, 6) is -1.09. The molecular weight excluding hydrogens is 488 g/mol. The van der Waals surface area contributed by atoms with Crippen LogP contribution in [0.1, 0.15) is 40.2 Å². The van der Waals surface area contributed by atoms with E-state index in [4.69, 9.17) is 10.2 Å². The van der Waals surface area contributed by atoms with E-state index in [1.165, 1.54) is 43.4 Å². The standard InChI is InChI=1S/C26H23F2N3O4S/c1-30-26(32)24-19-11-18(15-3-4-15)22(12-23(19)35-25(24)16-5-7-17(27)8-6-16)31(36(33)34)13-14-2-9-21(29)20(28)10-14/h2,5-12,15H,3-4,13,29H2,1H3,(H,30,32)(H,33,34)/p-1. The van der Waals surface area contributed by atoms with Crippen LogP contribution in [0.5, 0.6) is 0 Å². The van der Waals surface area contributed by atoms with E-state index in [1.807, 2.05) is 0 Å². The minimum absolute atomic E-state index is 0.0285. The van der Waals surface area contributed by atoms with Gasteiger partial charge < -0.3 is 20.0 Å². The summed E-state index contributed by atoms with van der Waals surface area (Å²) in [5.41, 5.74) is 8.17. The summed E-state index contributed by atoms with van der Waals surface area (Å²) in [6.07, 6.45) is 1.73. The topological polar surface area (TPSA) is 112 Å². The number of amides is 1. The van der Waals surface area contributed by atoms with E-state index in [0.717, 1.165) is 22.7 Å². The zero-order valence-corrected chi connectivity index (χ0v) is 20.0. The number of rotatable bonds is 7. The first-order valence-corrected chi connectivity index (χ1v) is 12.3. The molecule has 7 nitrogen and oxygen atoms in total. The average Bonchev–Trinajstić information content (AvgIpc) is 3.64. The van der Waals surface area contributed by atoms with E-state index in [2.05, 4.69) is 5.32 Å². The molecule has 1 unspecified atom stereocenters. The van der Waals surface area contributed by atoms with Crippen LogP contribution in [-0.2, 0) is 17.8 Å². The molecule has 1 atom stereocenters. The molecule has 1 saturated carbocycles. The number of carbonyl (C=O) groups excluding carboxylic acids is 1. The zero-order valence-electron chi connectivity index (χ0n) is 19.2. The SMILES string of the molecule is CNC(=O)c1c(-c2ccc(F)cc2)oc2cc(N(Cc3ccc(N)c(F)c3)S(=O)[O-])c(C3CC3)cc12. The summed E-state index contributed by atoms with van der Waals surface area (Å²) in [6, 6.07) is 13.1. The third-order valence-electron chi connectivity index (χ3n) is 6.25. The predicted molar refractivity (Wildman–Crippen MR) is 133 cm³/mol. The molecule has 0 aliphatic heterocycles. The Balaban J connectivity index is 1.68. The fourth-order valence-corrected chi connectivity index (χ4v) is 4.87. The normalized spacial score (nSPS) is 14.1. The number of carbonyl (C=O) groups is 1. The van der Waals surface area contributed by atoms with Crippen LogP contribution in [0.15, 0.2) is 59.0 Å². The molecule has 0 radical (unpaired) electrons. The second-order valence-corrected chi connectivity index (χ2v) is 9.56. The Labute approximate surface area is 208 Å². The van der Waals surface area contributed by atoms with Gasteiger partial charge in [-0.1, -0.05) is 6.07 Å². The first kappa shape index (κ1) is 24.0. The molecule has 1 aliphatic carbocycles. The molecular formula is C26H22F2N3O4S-. The van der Waals surface area contributed by atoms with Crippen molar-refractivity contribution in [2.75, 3.05) is 17.1 Å². The van der Waals surface area contributed by atoms with Gasteiger partial charge in [-0.25, -0.2) is 8.78 Å². The number of anilines is 2. The van der Waals surface area contributed by atoms with Crippen LogP contribution >= 0.6 is 0 Å². The Hall–Kier alpha value is -3.76. The minimum atomic E-state index is -2.69. The van der Waals surface area contributed by atoms with Gasteiger partial charge in [-0.3, -0.25) is 13.3 Å². The van der Waals surface area contributed by atoms with Crippen LogP contribution in [0.25, 0.3) is 22.3 Å².